The summed E-state index contributed by atoms with van der Waals surface area (Å²) in [6.07, 6.45) is 5.16. The van der Waals surface area contributed by atoms with Gasteiger partial charge in [-0.1, -0.05) is 6.07 Å². The third-order valence-corrected chi connectivity index (χ3v) is 2.41. The fraction of sp³-hybridized carbons (Fsp3) is 0. The van der Waals surface area contributed by atoms with Crippen LogP contribution in [-0.2, 0) is 0 Å². The van der Waals surface area contributed by atoms with E-state index in [1.54, 1.807) is 6.20 Å². The molecule has 0 unspecified atom stereocenters. The second kappa shape index (κ2) is 3.66. The maximum Gasteiger partial charge on any atom is 0.133 e. The van der Waals surface area contributed by atoms with Gasteiger partial charge in [-0.25, -0.2) is 9.97 Å². The minimum atomic E-state index is 0.793. The second-order valence-electron chi connectivity index (χ2n) is 3.50. The number of hydrogen-bond acceptors (Lipinski definition) is 3. The SMILES string of the molecule is c1cc(Nc2ccc3cc[nH]c3c2)ncn1. The Morgan fingerprint density at radius 1 is 1.12 bits per heavy atom. The number of nitrogens with zero attached hydrogens (tertiary/aromatic N) is 2. The summed E-state index contributed by atoms with van der Waals surface area (Å²) in [6.45, 7) is 0. The fourth-order valence-corrected chi connectivity index (χ4v) is 1.64. The topological polar surface area (TPSA) is 53.6 Å². The summed E-state index contributed by atoms with van der Waals surface area (Å²) >= 11 is 0. The summed E-state index contributed by atoms with van der Waals surface area (Å²) in [5.41, 5.74) is 2.12. The molecular weight excluding hydrogens is 200 g/mol. The van der Waals surface area contributed by atoms with Crippen LogP contribution >= 0.6 is 0 Å². The van der Waals surface area contributed by atoms with Crippen LogP contribution in [0.1, 0.15) is 0 Å². The van der Waals surface area contributed by atoms with Crippen molar-refractivity contribution in [1.82, 2.24) is 15.0 Å². The highest BCUT2D eigenvalue weighted by atomic mass is 15.0. The summed E-state index contributed by atoms with van der Waals surface area (Å²) < 4.78 is 0. The number of hydrogen-bond donors (Lipinski definition) is 2. The molecule has 1 aromatic carbocycles. The lowest BCUT2D eigenvalue weighted by atomic mass is 10.2. The van der Waals surface area contributed by atoms with E-state index in [-0.39, 0.29) is 0 Å². The number of H-pyrrole nitrogens is 1. The third kappa shape index (κ3) is 1.61. The first-order chi connectivity index (χ1) is 7.92. The molecule has 16 heavy (non-hydrogen) atoms. The average molecular weight is 210 g/mol. The lowest BCUT2D eigenvalue weighted by Crippen LogP contribution is -1.92. The second-order valence-corrected chi connectivity index (χ2v) is 3.50. The van der Waals surface area contributed by atoms with Crippen LogP contribution in [0.2, 0.25) is 0 Å². The maximum atomic E-state index is 4.11. The molecule has 3 aromatic rings. The molecule has 78 valence electrons. The monoisotopic (exact) mass is 210 g/mol. The summed E-state index contributed by atoms with van der Waals surface area (Å²) in [7, 11) is 0. The van der Waals surface area contributed by atoms with Gasteiger partial charge in [0.05, 0.1) is 0 Å². The zero-order chi connectivity index (χ0) is 10.8. The minimum absolute atomic E-state index is 0.793. The van der Waals surface area contributed by atoms with Crippen molar-refractivity contribution in [3.05, 3.63) is 49.1 Å². The first-order valence-corrected chi connectivity index (χ1v) is 5.02. The summed E-state index contributed by atoms with van der Waals surface area (Å²) in [5, 5.41) is 4.42. The van der Waals surface area contributed by atoms with Crippen molar-refractivity contribution in [3.8, 4) is 0 Å². The summed E-state index contributed by atoms with van der Waals surface area (Å²) in [4.78, 5) is 11.2. The Kier molecular flexibility index (Phi) is 2.04. The van der Waals surface area contributed by atoms with Crippen molar-refractivity contribution in [2.75, 3.05) is 5.32 Å². The van der Waals surface area contributed by atoms with Gasteiger partial charge in [-0.2, -0.15) is 0 Å². The smallest absolute Gasteiger partial charge is 0.133 e. The van der Waals surface area contributed by atoms with Crippen LogP contribution in [0.15, 0.2) is 49.1 Å². The molecule has 2 aromatic heterocycles. The molecule has 4 heteroatoms. The molecule has 0 aliphatic rings. The highest BCUT2D eigenvalue weighted by Gasteiger charge is 1.98. The zero-order valence-electron chi connectivity index (χ0n) is 8.51. The highest BCUT2D eigenvalue weighted by molar-refractivity contribution is 5.83. The Balaban J connectivity index is 1.94. The van der Waals surface area contributed by atoms with Gasteiger partial charge in [0.2, 0.25) is 0 Å². The molecule has 0 fully saturated rings. The van der Waals surface area contributed by atoms with Gasteiger partial charge < -0.3 is 10.3 Å². The Bertz CT molecular complexity index is 600. The molecule has 0 spiro atoms. The van der Waals surface area contributed by atoms with Crippen LogP contribution in [0.3, 0.4) is 0 Å². The molecule has 2 heterocycles. The molecule has 0 atom stereocenters. The standard InChI is InChI=1S/C12H10N4/c1-2-10(7-11-9(1)3-6-14-11)16-12-4-5-13-8-15-12/h1-8,14H,(H,13,15,16). The summed E-state index contributed by atoms with van der Waals surface area (Å²) in [6, 6.07) is 10.0. The molecule has 0 radical (unpaired) electrons. The number of fused-ring (bicyclic) bond motifs is 1. The molecule has 0 amide bonds. The quantitative estimate of drug-likeness (QED) is 0.683. The van der Waals surface area contributed by atoms with E-state index in [4.69, 9.17) is 0 Å². The van der Waals surface area contributed by atoms with E-state index in [2.05, 4.69) is 32.4 Å². The van der Waals surface area contributed by atoms with Crippen molar-refractivity contribution < 1.29 is 0 Å². The van der Waals surface area contributed by atoms with Gasteiger partial charge in [0.1, 0.15) is 12.1 Å². The molecule has 3 rings (SSSR count). The normalized spacial score (nSPS) is 10.5. The van der Waals surface area contributed by atoms with E-state index < -0.39 is 0 Å². The van der Waals surface area contributed by atoms with Crippen LogP contribution in [0, 0.1) is 0 Å². The number of rotatable bonds is 2. The molecule has 0 saturated carbocycles. The fourth-order valence-electron chi connectivity index (χ4n) is 1.64. The number of anilines is 2. The molecule has 2 N–H and O–H groups in total. The number of benzene rings is 1. The van der Waals surface area contributed by atoms with Gasteiger partial charge in [-0.05, 0) is 29.7 Å². The minimum Gasteiger partial charge on any atom is -0.361 e. The van der Waals surface area contributed by atoms with Gasteiger partial charge in [0.25, 0.3) is 0 Å². The van der Waals surface area contributed by atoms with Gasteiger partial charge in [0.15, 0.2) is 0 Å². The van der Waals surface area contributed by atoms with Crippen molar-refractivity contribution in [2.24, 2.45) is 0 Å². The number of aromatic amines is 1. The summed E-state index contributed by atoms with van der Waals surface area (Å²) in [5.74, 6) is 0.793. The molecule has 0 saturated heterocycles. The molecular formula is C12H10N4. The molecule has 0 bridgehead atoms. The molecule has 0 aliphatic carbocycles. The van der Waals surface area contributed by atoms with Gasteiger partial charge in [-0.15, -0.1) is 0 Å². The zero-order valence-corrected chi connectivity index (χ0v) is 8.51. The van der Waals surface area contributed by atoms with Gasteiger partial charge in [0, 0.05) is 23.6 Å². The van der Waals surface area contributed by atoms with Gasteiger partial charge >= 0.3 is 0 Å². The first kappa shape index (κ1) is 8.91. The van der Waals surface area contributed by atoms with Crippen molar-refractivity contribution >= 4 is 22.4 Å². The van der Waals surface area contributed by atoms with Gasteiger partial charge in [-0.3, -0.25) is 0 Å². The Hall–Kier alpha value is -2.36. The predicted octanol–water partition coefficient (Wildman–Crippen LogP) is 2.70. The van der Waals surface area contributed by atoms with E-state index >= 15 is 0 Å². The molecule has 4 nitrogen and oxygen atoms in total. The van der Waals surface area contributed by atoms with Crippen LogP contribution in [0.4, 0.5) is 11.5 Å². The lowest BCUT2D eigenvalue weighted by Gasteiger charge is -2.04. The van der Waals surface area contributed by atoms with Crippen LogP contribution in [0.5, 0.6) is 0 Å². The largest absolute Gasteiger partial charge is 0.361 e. The number of aromatic nitrogens is 3. The first-order valence-electron chi connectivity index (χ1n) is 5.02. The lowest BCUT2D eigenvalue weighted by molar-refractivity contribution is 1.17. The van der Waals surface area contributed by atoms with E-state index in [1.807, 2.05) is 24.4 Å². The van der Waals surface area contributed by atoms with Crippen molar-refractivity contribution in [1.29, 1.82) is 0 Å². The van der Waals surface area contributed by atoms with Crippen molar-refractivity contribution in [2.45, 2.75) is 0 Å². The highest BCUT2D eigenvalue weighted by Crippen LogP contribution is 2.19. The average Bonchev–Trinajstić information content (AvgIpc) is 2.77. The van der Waals surface area contributed by atoms with E-state index in [1.165, 1.54) is 11.7 Å². The maximum absolute atomic E-state index is 4.11. The Labute approximate surface area is 92.4 Å². The number of nitrogens with one attached hydrogen (secondary N) is 2. The van der Waals surface area contributed by atoms with Crippen molar-refractivity contribution in [3.63, 3.8) is 0 Å². The van der Waals surface area contributed by atoms with E-state index in [0.717, 1.165) is 17.0 Å². The van der Waals surface area contributed by atoms with Crippen LogP contribution < -0.4 is 5.32 Å². The molecule has 0 aliphatic heterocycles. The van der Waals surface area contributed by atoms with E-state index in [0.29, 0.717) is 0 Å². The Morgan fingerprint density at radius 3 is 3.00 bits per heavy atom. The van der Waals surface area contributed by atoms with Crippen LogP contribution in [0.25, 0.3) is 10.9 Å². The van der Waals surface area contributed by atoms with E-state index in [9.17, 15) is 0 Å². The predicted molar refractivity (Wildman–Crippen MR) is 63.6 cm³/mol. The van der Waals surface area contributed by atoms with Crippen LogP contribution in [-0.4, -0.2) is 15.0 Å². The Morgan fingerprint density at radius 2 is 2.12 bits per heavy atom. The third-order valence-electron chi connectivity index (χ3n) is 2.41.